The first-order valence-corrected chi connectivity index (χ1v) is 5.66. The van der Waals surface area contributed by atoms with Gasteiger partial charge in [0.15, 0.2) is 0 Å². The third-order valence-corrected chi connectivity index (χ3v) is 2.73. The first kappa shape index (κ1) is 11.3. The Balaban J connectivity index is 2.63. The Morgan fingerprint density at radius 2 is 2.00 bits per heavy atom. The van der Waals surface area contributed by atoms with E-state index in [0.29, 0.717) is 12.5 Å². The van der Waals surface area contributed by atoms with Crippen LogP contribution in [0.1, 0.15) is 46.0 Å². The Morgan fingerprint density at radius 3 is 2.50 bits per heavy atom. The van der Waals surface area contributed by atoms with Crippen LogP contribution in [-0.2, 0) is 9.53 Å². The molecule has 0 unspecified atom stereocenters. The topological polar surface area (TPSA) is 26.3 Å². The van der Waals surface area contributed by atoms with Gasteiger partial charge in [0, 0.05) is 5.57 Å². The molecule has 2 heteroatoms. The molecule has 0 aromatic rings. The molecule has 80 valence electrons. The normalized spacial score (nSPS) is 18.6. The second kappa shape index (κ2) is 5.84. The van der Waals surface area contributed by atoms with E-state index in [1.54, 1.807) is 0 Å². The summed E-state index contributed by atoms with van der Waals surface area (Å²) in [6.45, 7) is 4.40. The van der Waals surface area contributed by atoms with Gasteiger partial charge in [-0.25, -0.2) is 4.79 Å². The fourth-order valence-electron chi connectivity index (χ4n) is 2.09. The van der Waals surface area contributed by atoms with Crippen molar-refractivity contribution in [3.05, 3.63) is 11.6 Å². The van der Waals surface area contributed by atoms with Crippen molar-refractivity contribution in [3.8, 4) is 0 Å². The molecule has 14 heavy (non-hydrogen) atoms. The van der Waals surface area contributed by atoms with Gasteiger partial charge in [-0.1, -0.05) is 25.8 Å². The van der Waals surface area contributed by atoms with Crippen LogP contribution in [0.4, 0.5) is 0 Å². The minimum Gasteiger partial charge on any atom is -0.463 e. The van der Waals surface area contributed by atoms with Crippen molar-refractivity contribution in [2.24, 2.45) is 5.92 Å². The fraction of sp³-hybridized carbons (Fsp3) is 0.750. The van der Waals surface area contributed by atoms with Gasteiger partial charge in [-0.3, -0.25) is 0 Å². The molecule has 0 radical (unpaired) electrons. The van der Waals surface area contributed by atoms with Crippen molar-refractivity contribution in [2.45, 2.75) is 46.0 Å². The summed E-state index contributed by atoms with van der Waals surface area (Å²) in [6, 6.07) is 0. The van der Waals surface area contributed by atoms with E-state index < -0.39 is 0 Å². The number of ether oxygens (including phenoxy) is 1. The quantitative estimate of drug-likeness (QED) is 0.510. The molecule has 1 aliphatic rings. The van der Waals surface area contributed by atoms with Gasteiger partial charge in [0.25, 0.3) is 0 Å². The molecule has 0 spiro atoms. The lowest BCUT2D eigenvalue weighted by Crippen LogP contribution is -2.14. The first-order valence-electron chi connectivity index (χ1n) is 5.66. The summed E-state index contributed by atoms with van der Waals surface area (Å²) in [6.07, 6.45) is 7.78. The van der Waals surface area contributed by atoms with Crippen LogP contribution in [0.5, 0.6) is 0 Å². The third-order valence-electron chi connectivity index (χ3n) is 2.73. The molecule has 0 amide bonds. The van der Waals surface area contributed by atoms with E-state index >= 15 is 0 Å². The van der Waals surface area contributed by atoms with E-state index in [9.17, 15) is 4.79 Å². The molecule has 0 aromatic heterocycles. The SMILES string of the molecule is CCC=C(C(=O)OCC)C1CCCC1. The Kier molecular flexibility index (Phi) is 4.71. The van der Waals surface area contributed by atoms with Crippen LogP contribution in [0.2, 0.25) is 0 Å². The van der Waals surface area contributed by atoms with Crippen molar-refractivity contribution < 1.29 is 9.53 Å². The highest BCUT2D eigenvalue weighted by molar-refractivity contribution is 5.89. The molecule has 1 saturated carbocycles. The summed E-state index contributed by atoms with van der Waals surface area (Å²) in [5.41, 5.74) is 0.923. The summed E-state index contributed by atoms with van der Waals surface area (Å²) >= 11 is 0. The highest BCUT2D eigenvalue weighted by Gasteiger charge is 2.24. The highest BCUT2D eigenvalue weighted by Crippen LogP contribution is 2.31. The lowest BCUT2D eigenvalue weighted by molar-refractivity contribution is -0.139. The van der Waals surface area contributed by atoms with Crippen LogP contribution >= 0.6 is 0 Å². The second-order valence-corrected chi connectivity index (χ2v) is 3.77. The lowest BCUT2D eigenvalue weighted by atomic mass is 9.96. The van der Waals surface area contributed by atoms with E-state index in [1.165, 1.54) is 12.8 Å². The molecule has 0 aromatic carbocycles. The summed E-state index contributed by atoms with van der Waals surface area (Å²) in [5, 5.41) is 0. The summed E-state index contributed by atoms with van der Waals surface area (Å²) in [4.78, 5) is 11.6. The average Bonchev–Trinajstić information content (AvgIpc) is 2.67. The van der Waals surface area contributed by atoms with Crippen LogP contribution in [0.15, 0.2) is 11.6 Å². The molecule has 1 aliphatic carbocycles. The molecule has 0 atom stereocenters. The smallest absolute Gasteiger partial charge is 0.333 e. The van der Waals surface area contributed by atoms with E-state index in [-0.39, 0.29) is 5.97 Å². The van der Waals surface area contributed by atoms with Crippen LogP contribution in [0, 0.1) is 5.92 Å². The molecular weight excluding hydrogens is 176 g/mol. The maximum absolute atomic E-state index is 11.6. The van der Waals surface area contributed by atoms with Crippen molar-refractivity contribution in [1.82, 2.24) is 0 Å². The van der Waals surface area contributed by atoms with Crippen molar-refractivity contribution in [2.75, 3.05) is 6.61 Å². The molecule has 2 nitrogen and oxygen atoms in total. The van der Waals surface area contributed by atoms with Gasteiger partial charge >= 0.3 is 5.97 Å². The monoisotopic (exact) mass is 196 g/mol. The van der Waals surface area contributed by atoms with Crippen molar-refractivity contribution >= 4 is 5.97 Å². The Labute approximate surface area is 86.3 Å². The molecule has 0 saturated heterocycles. The third kappa shape index (κ3) is 2.86. The first-order chi connectivity index (χ1) is 6.79. The maximum atomic E-state index is 11.6. The summed E-state index contributed by atoms with van der Waals surface area (Å²) in [5.74, 6) is 0.371. The number of allylic oxidation sites excluding steroid dienone is 1. The van der Waals surface area contributed by atoms with Gasteiger partial charge in [-0.05, 0) is 32.1 Å². The zero-order valence-electron chi connectivity index (χ0n) is 9.21. The van der Waals surface area contributed by atoms with E-state index in [4.69, 9.17) is 4.74 Å². The van der Waals surface area contributed by atoms with Gasteiger partial charge in [0.2, 0.25) is 0 Å². The number of carbonyl (C=O) groups is 1. The molecule has 1 fully saturated rings. The van der Waals surface area contributed by atoms with E-state index in [0.717, 1.165) is 24.8 Å². The van der Waals surface area contributed by atoms with Crippen molar-refractivity contribution in [1.29, 1.82) is 0 Å². The number of hydrogen-bond donors (Lipinski definition) is 0. The lowest BCUT2D eigenvalue weighted by Gasteiger charge is -2.12. The highest BCUT2D eigenvalue weighted by atomic mass is 16.5. The van der Waals surface area contributed by atoms with Crippen LogP contribution in [-0.4, -0.2) is 12.6 Å². The Hall–Kier alpha value is -0.790. The summed E-state index contributed by atoms with van der Waals surface area (Å²) < 4.78 is 5.06. The predicted octanol–water partition coefficient (Wildman–Crippen LogP) is 3.08. The van der Waals surface area contributed by atoms with E-state index in [1.807, 2.05) is 13.0 Å². The van der Waals surface area contributed by atoms with Crippen LogP contribution in [0.25, 0.3) is 0 Å². The maximum Gasteiger partial charge on any atom is 0.333 e. The van der Waals surface area contributed by atoms with Gasteiger partial charge in [-0.15, -0.1) is 0 Å². The van der Waals surface area contributed by atoms with Gasteiger partial charge < -0.3 is 4.74 Å². The molecule has 1 rings (SSSR count). The minimum absolute atomic E-state index is 0.0961. The fourth-order valence-corrected chi connectivity index (χ4v) is 2.09. The molecular formula is C12H20O2. The second-order valence-electron chi connectivity index (χ2n) is 3.77. The van der Waals surface area contributed by atoms with Crippen LogP contribution < -0.4 is 0 Å². The van der Waals surface area contributed by atoms with Gasteiger partial charge in [0.1, 0.15) is 0 Å². The number of esters is 1. The van der Waals surface area contributed by atoms with E-state index in [2.05, 4.69) is 6.92 Å². The Bertz CT molecular complexity index is 212. The molecule has 0 heterocycles. The van der Waals surface area contributed by atoms with Crippen LogP contribution in [0.3, 0.4) is 0 Å². The largest absolute Gasteiger partial charge is 0.463 e. The predicted molar refractivity (Wildman–Crippen MR) is 57.0 cm³/mol. The minimum atomic E-state index is -0.0961. The van der Waals surface area contributed by atoms with Crippen molar-refractivity contribution in [3.63, 3.8) is 0 Å². The molecule has 0 N–H and O–H groups in total. The Morgan fingerprint density at radius 1 is 1.36 bits per heavy atom. The summed E-state index contributed by atoms with van der Waals surface area (Å²) in [7, 11) is 0. The molecule has 0 aliphatic heterocycles. The van der Waals surface area contributed by atoms with Gasteiger partial charge in [-0.2, -0.15) is 0 Å². The number of carbonyl (C=O) groups excluding carboxylic acids is 1. The number of rotatable bonds is 4. The van der Waals surface area contributed by atoms with Gasteiger partial charge in [0.05, 0.1) is 6.61 Å². The molecule has 0 bridgehead atoms. The average molecular weight is 196 g/mol. The number of hydrogen-bond acceptors (Lipinski definition) is 2. The standard InChI is InChI=1S/C12H20O2/c1-3-7-11(12(13)14-4-2)10-8-5-6-9-10/h7,10H,3-6,8-9H2,1-2H3. The zero-order valence-corrected chi connectivity index (χ0v) is 9.21. The zero-order chi connectivity index (χ0) is 10.4.